The molecule has 1 fully saturated rings. The average Bonchev–Trinajstić information content (AvgIpc) is 3.33. The van der Waals surface area contributed by atoms with Gasteiger partial charge in [-0.3, -0.25) is 15.0 Å². The van der Waals surface area contributed by atoms with Crippen molar-refractivity contribution in [3.63, 3.8) is 0 Å². The molecule has 1 saturated heterocycles. The summed E-state index contributed by atoms with van der Waals surface area (Å²) in [6.07, 6.45) is -3.55. The molecule has 1 unspecified atom stereocenters. The molecule has 0 radical (unpaired) electrons. The largest absolute Gasteiger partial charge is 0.497 e. The van der Waals surface area contributed by atoms with Gasteiger partial charge in [0.1, 0.15) is 11.6 Å². The fourth-order valence-electron chi connectivity index (χ4n) is 3.15. The van der Waals surface area contributed by atoms with Gasteiger partial charge >= 0.3 is 6.18 Å². The summed E-state index contributed by atoms with van der Waals surface area (Å²) in [5, 5.41) is 13.3. The highest BCUT2D eigenvalue weighted by Gasteiger charge is 2.34. The molecule has 1 aliphatic heterocycles. The second kappa shape index (κ2) is 10.8. The molecule has 0 spiro atoms. The van der Waals surface area contributed by atoms with E-state index < -0.39 is 12.7 Å². The molecule has 0 amide bonds. The van der Waals surface area contributed by atoms with Crippen LogP contribution in [0.5, 0.6) is 5.75 Å². The smallest absolute Gasteiger partial charge is 0.401 e. The summed E-state index contributed by atoms with van der Waals surface area (Å²) in [7, 11) is 3.22. The lowest BCUT2D eigenvalue weighted by Crippen LogP contribution is -2.45. The fraction of sp³-hybridized carbons (Fsp3) is 0.500. The third-order valence-corrected chi connectivity index (χ3v) is 4.54. The van der Waals surface area contributed by atoms with Crippen molar-refractivity contribution in [2.24, 2.45) is 4.99 Å². The van der Waals surface area contributed by atoms with Crippen molar-refractivity contribution < 1.29 is 17.9 Å². The SMILES string of the molecule is CN=C(NCc1nc(-c2ccc(OC)cc2)n[nH]1)NC1CCN(CC(F)(F)F)C1.I. The quantitative estimate of drug-likeness (QED) is 0.297. The molecule has 0 saturated carbocycles. The molecule has 1 aromatic heterocycles. The second-order valence-electron chi connectivity index (χ2n) is 6.74. The van der Waals surface area contributed by atoms with E-state index in [-0.39, 0.29) is 30.0 Å². The van der Waals surface area contributed by atoms with Crippen molar-refractivity contribution >= 4 is 29.9 Å². The van der Waals surface area contributed by atoms with Crippen LogP contribution in [0.1, 0.15) is 12.2 Å². The first-order valence-electron chi connectivity index (χ1n) is 9.18. The number of rotatable bonds is 6. The van der Waals surface area contributed by atoms with Crippen LogP contribution in [-0.2, 0) is 6.54 Å². The minimum Gasteiger partial charge on any atom is -0.497 e. The molecule has 8 nitrogen and oxygen atoms in total. The van der Waals surface area contributed by atoms with E-state index in [1.165, 1.54) is 4.90 Å². The molecule has 12 heteroatoms. The van der Waals surface area contributed by atoms with Gasteiger partial charge in [-0.15, -0.1) is 24.0 Å². The van der Waals surface area contributed by atoms with Crippen LogP contribution in [0.25, 0.3) is 11.4 Å². The monoisotopic (exact) mass is 539 g/mol. The number of guanidine groups is 1. The predicted molar refractivity (Wildman–Crippen MR) is 118 cm³/mol. The number of hydrogen-bond acceptors (Lipinski definition) is 5. The summed E-state index contributed by atoms with van der Waals surface area (Å²) in [4.78, 5) is 9.96. The van der Waals surface area contributed by atoms with Gasteiger partial charge in [-0.25, -0.2) is 4.98 Å². The Hall–Kier alpha value is -2.09. The molecule has 3 N–H and O–H groups in total. The first-order chi connectivity index (χ1) is 13.9. The topological polar surface area (TPSA) is 90.5 Å². The Bertz CT molecular complexity index is 826. The summed E-state index contributed by atoms with van der Waals surface area (Å²) >= 11 is 0. The summed E-state index contributed by atoms with van der Waals surface area (Å²) < 4.78 is 42.7. The predicted octanol–water partition coefficient (Wildman–Crippen LogP) is 2.40. The van der Waals surface area contributed by atoms with E-state index in [1.54, 1.807) is 14.2 Å². The van der Waals surface area contributed by atoms with Gasteiger partial charge < -0.3 is 15.4 Å². The van der Waals surface area contributed by atoms with E-state index in [0.717, 1.165) is 11.3 Å². The highest BCUT2D eigenvalue weighted by atomic mass is 127. The standard InChI is InChI=1S/C18H24F3N7O.HI/c1-22-17(24-13-7-8-28(10-13)11-18(19,20)21)23-9-15-25-16(27-26-15)12-3-5-14(29-2)6-4-12;/h3-6,13H,7-11H2,1-2H3,(H2,22,23,24)(H,25,26,27);1H. The van der Waals surface area contributed by atoms with Crippen molar-refractivity contribution in [3.8, 4) is 17.1 Å². The Balaban J connectivity index is 0.00000320. The second-order valence-corrected chi connectivity index (χ2v) is 6.74. The molecule has 30 heavy (non-hydrogen) atoms. The normalized spacial score (nSPS) is 17.5. The fourth-order valence-corrected chi connectivity index (χ4v) is 3.15. The number of hydrogen-bond donors (Lipinski definition) is 3. The number of nitrogens with zero attached hydrogens (tertiary/aromatic N) is 4. The number of methoxy groups -OCH3 is 1. The number of nitrogens with one attached hydrogen (secondary N) is 3. The van der Waals surface area contributed by atoms with Crippen LogP contribution in [0, 0.1) is 0 Å². The van der Waals surface area contributed by atoms with E-state index in [0.29, 0.717) is 43.7 Å². The minimum atomic E-state index is -4.18. The van der Waals surface area contributed by atoms with Crippen LogP contribution in [0.4, 0.5) is 13.2 Å². The van der Waals surface area contributed by atoms with Crippen molar-refractivity contribution in [3.05, 3.63) is 30.1 Å². The number of H-pyrrole nitrogens is 1. The average molecular weight is 539 g/mol. The number of aromatic amines is 1. The van der Waals surface area contributed by atoms with Gasteiger partial charge in [-0.05, 0) is 30.7 Å². The van der Waals surface area contributed by atoms with Crippen LogP contribution in [0.3, 0.4) is 0 Å². The maximum absolute atomic E-state index is 12.5. The highest BCUT2D eigenvalue weighted by molar-refractivity contribution is 14.0. The maximum atomic E-state index is 12.5. The van der Waals surface area contributed by atoms with Gasteiger partial charge in [0.25, 0.3) is 0 Å². The molecular formula is C18H25F3IN7O. The van der Waals surface area contributed by atoms with Crippen LogP contribution in [0.15, 0.2) is 29.3 Å². The van der Waals surface area contributed by atoms with Crippen LogP contribution in [0.2, 0.25) is 0 Å². The Morgan fingerprint density at radius 3 is 2.70 bits per heavy atom. The molecule has 1 aromatic carbocycles. The van der Waals surface area contributed by atoms with Gasteiger partial charge in [0, 0.05) is 31.7 Å². The van der Waals surface area contributed by atoms with E-state index in [4.69, 9.17) is 4.74 Å². The Kier molecular flexibility index (Phi) is 8.70. The number of likely N-dealkylation sites (tertiary alicyclic amines) is 1. The van der Waals surface area contributed by atoms with Gasteiger partial charge in [-0.2, -0.15) is 18.3 Å². The number of aromatic nitrogens is 3. The van der Waals surface area contributed by atoms with Crippen LogP contribution in [-0.4, -0.2) is 72.1 Å². The van der Waals surface area contributed by atoms with E-state index in [9.17, 15) is 13.2 Å². The van der Waals surface area contributed by atoms with Crippen molar-refractivity contribution in [1.82, 2.24) is 30.7 Å². The molecule has 3 rings (SSSR count). The zero-order valence-electron chi connectivity index (χ0n) is 16.7. The molecular weight excluding hydrogens is 514 g/mol. The van der Waals surface area contributed by atoms with Gasteiger partial charge in [-0.1, -0.05) is 0 Å². The number of ether oxygens (including phenoxy) is 1. The van der Waals surface area contributed by atoms with Gasteiger partial charge in [0.2, 0.25) is 0 Å². The molecule has 0 bridgehead atoms. The lowest BCUT2D eigenvalue weighted by molar-refractivity contribution is -0.143. The molecule has 166 valence electrons. The first kappa shape index (κ1) is 24.2. The number of halogens is 4. The summed E-state index contributed by atoms with van der Waals surface area (Å²) in [6, 6.07) is 7.31. The number of alkyl halides is 3. The summed E-state index contributed by atoms with van der Waals surface area (Å²) in [5.41, 5.74) is 0.853. The summed E-state index contributed by atoms with van der Waals surface area (Å²) in [6.45, 7) is 0.191. The Morgan fingerprint density at radius 1 is 1.33 bits per heavy atom. The number of benzene rings is 1. The van der Waals surface area contributed by atoms with Crippen molar-refractivity contribution in [1.29, 1.82) is 0 Å². The zero-order chi connectivity index (χ0) is 20.9. The van der Waals surface area contributed by atoms with Crippen molar-refractivity contribution in [2.45, 2.75) is 25.2 Å². The van der Waals surface area contributed by atoms with Crippen LogP contribution >= 0.6 is 24.0 Å². The Labute approximate surface area is 189 Å². The van der Waals surface area contributed by atoms with Gasteiger partial charge in [0.05, 0.1) is 20.2 Å². The summed E-state index contributed by atoms with van der Waals surface area (Å²) in [5.74, 6) is 2.43. The molecule has 1 atom stereocenters. The molecule has 2 heterocycles. The number of aliphatic imine (C=N–C) groups is 1. The third-order valence-electron chi connectivity index (χ3n) is 4.54. The zero-order valence-corrected chi connectivity index (χ0v) is 19.0. The van der Waals surface area contributed by atoms with Crippen LogP contribution < -0.4 is 15.4 Å². The van der Waals surface area contributed by atoms with E-state index >= 15 is 0 Å². The third kappa shape index (κ3) is 7.00. The lowest BCUT2D eigenvalue weighted by Gasteiger charge is -2.19. The molecule has 2 aromatic rings. The van der Waals surface area contributed by atoms with Crippen molar-refractivity contribution in [2.75, 3.05) is 33.8 Å². The first-order valence-corrected chi connectivity index (χ1v) is 9.18. The molecule has 1 aliphatic rings. The lowest BCUT2D eigenvalue weighted by atomic mass is 10.2. The van der Waals surface area contributed by atoms with Gasteiger partial charge in [0.15, 0.2) is 11.8 Å². The van der Waals surface area contributed by atoms with E-state index in [2.05, 4.69) is 30.8 Å². The highest BCUT2D eigenvalue weighted by Crippen LogP contribution is 2.20. The maximum Gasteiger partial charge on any atom is 0.401 e. The Morgan fingerprint density at radius 2 is 2.07 bits per heavy atom. The molecule has 0 aliphatic carbocycles. The van der Waals surface area contributed by atoms with E-state index in [1.807, 2.05) is 24.3 Å². The minimum absolute atomic E-state index is 0.